The van der Waals surface area contributed by atoms with Gasteiger partial charge >= 0.3 is 0 Å². The summed E-state index contributed by atoms with van der Waals surface area (Å²) in [7, 11) is 3.95. The second-order valence-electron chi connectivity index (χ2n) is 9.32. The zero-order valence-electron chi connectivity index (χ0n) is 22.6. The Hall–Kier alpha value is -2.78. The lowest BCUT2D eigenvalue weighted by molar-refractivity contribution is 0.0985. The van der Waals surface area contributed by atoms with Gasteiger partial charge in [0.2, 0.25) is 0 Å². The van der Waals surface area contributed by atoms with Crippen molar-refractivity contribution in [1.82, 2.24) is 15.2 Å². The van der Waals surface area contributed by atoms with Crippen molar-refractivity contribution in [2.45, 2.75) is 26.0 Å². The second-order valence-corrected chi connectivity index (χ2v) is 10.2. The second kappa shape index (κ2) is 15.7. The van der Waals surface area contributed by atoms with E-state index >= 15 is 0 Å². The number of halogens is 2. The summed E-state index contributed by atoms with van der Waals surface area (Å²) < 4.78 is 10.1. The highest BCUT2D eigenvalue weighted by Crippen LogP contribution is 2.29. The van der Waals surface area contributed by atoms with Gasteiger partial charge in [0.25, 0.3) is 0 Å². The number of H-pyrrole nitrogens is 1. The maximum absolute atomic E-state index is 9.38. The summed E-state index contributed by atoms with van der Waals surface area (Å²) in [6.45, 7) is 4.74. The fraction of sp³-hybridized carbons (Fsp3) is 0.333. The summed E-state index contributed by atoms with van der Waals surface area (Å²) in [6, 6.07) is 20.6. The topological polar surface area (TPSA) is 90.0 Å². The fourth-order valence-corrected chi connectivity index (χ4v) is 4.37. The van der Waals surface area contributed by atoms with Gasteiger partial charge in [0.1, 0.15) is 24.2 Å². The number of fused-ring (bicyclic) bond motifs is 3. The molecular weight excluding hydrogens is 537 g/mol. The molecule has 1 aliphatic heterocycles. The van der Waals surface area contributed by atoms with Gasteiger partial charge in [-0.25, -0.2) is 0 Å². The van der Waals surface area contributed by atoms with Crippen molar-refractivity contribution in [1.29, 1.82) is 0 Å². The molecule has 0 aliphatic carbocycles. The van der Waals surface area contributed by atoms with Crippen molar-refractivity contribution < 1.29 is 19.7 Å². The quantitative estimate of drug-likeness (QED) is 0.220. The van der Waals surface area contributed by atoms with Gasteiger partial charge in [-0.15, -0.1) is 0 Å². The highest BCUT2D eigenvalue weighted by Gasteiger charge is 2.18. The number of hydrogen-bond acceptors (Lipinski definition) is 6. The molecule has 39 heavy (non-hydrogen) atoms. The van der Waals surface area contributed by atoms with E-state index in [-0.39, 0.29) is 6.79 Å². The Labute approximate surface area is 240 Å². The molecule has 1 atom stereocenters. The first-order chi connectivity index (χ1) is 18.8. The number of aliphatic hydroxyl groups is 2. The summed E-state index contributed by atoms with van der Waals surface area (Å²) in [5.74, 6) is 1.41. The van der Waals surface area contributed by atoms with Crippen LogP contribution in [0.4, 0.5) is 0 Å². The van der Waals surface area contributed by atoms with Crippen molar-refractivity contribution in [2.24, 2.45) is 0 Å². The molecule has 4 N–H and O–H groups in total. The number of likely N-dealkylation sites (N-methyl/N-ethyl adjacent to an activating group) is 2. The maximum Gasteiger partial charge on any atom is 0.186 e. The van der Waals surface area contributed by atoms with E-state index in [0.717, 1.165) is 30.3 Å². The lowest BCUT2D eigenvalue weighted by Gasteiger charge is -2.22. The van der Waals surface area contributed by atoms with Gasteiger partial charge < -0.3 is 34.9 Å². The van der Waals surface area contributed by atoms with E-state index in [0.29, 0.717) is 23.9 Å². The van der Waals surface area contributed by atoms with Crippen LogP contribution in [0, 0.1) is 6.92 Å². The van der Waals surface area contributed by atoms with E-state index in [1.54, 1.807) is 31.3 Å². The monoisotopic (exact) mass is 573 g/mol. The summed E-state index contributed by atoms with van der Waals surface area (Å²) >= 11 is 11.6. The number of aromatic nitrogens is 1. The van der Waals surface area contributed by atoms with Crippen LogP contribution in [0.3, 0.4) is 0 Å². The SMILES string of the molecule is CN1CCc2c([nH]c3ccc(Cl)cc23)C1.CNCC(O)COc1ccc(C)cc1.OCOc1ccc(Cl)cc1. The molecule has 210 valence electrons. The summed E-state index contributed by atoms with van der Waals surface area (Å²) in [4.78, 5) is 5.81. The molecule has 0 spiro atoms. The van der Waals surface area contributed by atoms with Crippen LogP contribution in [0.1, 0.15) is 16.8 Å². The minimum absolute atomic E-state index is 0.304. The molecule has 1 aliphatic rings. The molecule has 5 rings (SSSR count). The summed E-state index contributed by atoms with van der Waals surface area (Å²) in [5.41, 5.74) is 5.21. The van der Waals surface area contributed by atoms with E-state index in [4.69, 9.17) is 37.8 Å². The molecule has 0 radical (unpaired) electrons. The fourth-order valence-electron chi connectivity index (χ4n) is 4.07. The third-order valence-electron chi connectivity index (χ3n) is 6.08. The van der Waals surface area contributed by atoms with Crippen LogP contribution < -0.4 is 14.8 Å². The largest absolute Gasteiger partial charge is 0.491 e. The van der Waals surface area contributed by atoms with E-state index in [1.807, 2.05) is 37.3 Å². The molecule has 9 heteroatoms. The normalized spacial score (nSPS) is 13.4. The number of nitrogens with one attached hydrogen (secondary N) is 2. The van der Waals surface area contributed by atoms with Gasteiger partial charge in [0.05, 0.1) is 0 Å². The number of rotatable bonds is 7. The minimum atomic E-state index is -0.457. The Bertz CT molecular complexity index is 1280. The number of aliphatic hydroxyl groups excluding tert-OH is 2. The highest BCUT2D eigenvalue weighted by atomic mass is 35.5. The average molecular weight is 575 g/mol. The van der Waals surface area contributed by atoms with Gasteiger partial charge in [-0.2, -0.15) is 0 Å². The number of benzene rings is 3. The van der Waals surface area contributed by atoms with E-state index in [9.17, 15) is 5.11 Å². The van der Waals surface area contributed by atoms with Crippen LogP contribution in [0.5, 0.6) is 11.5 Å². The molecule has 0 fully saturated rings. The summed E-state index contributed by atoms with van der Waals surface area (Å²) in [6.07, 6.45) is 0.660. The molecule has 3 aromatic carbocycles. The Balaban J connectivity index is 0.000000165. The van der Waals surface area contributed by atoms with Crippen LogP contribution in [-0.4, -0.2) is 66.8 Å². The Kier molecular flexibility index (Phi) is 12.4. The smallest absolute Gasteiger partial charge is 0.186 e. The third-order valence-corrected chi connectivity index (χ3v) is 6.56. The molecule has 1 unspecified atom stereocenters. The van der Waals surface area contributed by atoms with Crippen molar-refractivity contribution in [2.75, 3.05) is 40.6 Å². The van der Waals surface area contributed by atoms with Crippen molar-refractivity contribution in [3.63, 3.8) is 0 Å². The van der Waals surface area contributed by atoms with Crippen molar-refractivity contribution in [3.05, 3.63) is 93.6 Å². The number of aromatic amines is 1. The third kappa shape index (κ3) is 10.0. The molecule has 0 amide bonds. The Morgan fingerprint density at radius 1 is 0.974 bits per heavy atom. The van der Waals surface area contributed by atoms with Crippen LogP contribution >= 0.6 is 23.2 Å². The molecule has 0 saturated carbocycles. The average Bonchev–Trinajstić information content (AvgIpc) is 3.27. The molecular formula is C30H37Cl2N3O4. The van der Waals surface area contributed by atoms with Crippen molar-refractivity contribution in [3.8, 4) is 11.5 Å². The Morgan fingerprint density at radius 3 is 2.28 bits per heavy atom. The molecule has 4 aromatic rings. The Morgan fingerprint density at radius 2 is 1.62 bits per heavy atom. The molecule has 0 bridgehead atoms. The molecule has 7 nitrogen and oxygen atoms in total. The van der Waals surface area contributed by atoms with Crippen LogP contribution in [0.25, 0.3) is 10.9 Å². The molecule has 1 aromatic heterocycles. The first-order valence-corrected chi connectivity index (χ1v) is 13.5. The zero-order valence-corrected chi connectivity index (χ0v) is 24.1. The minimum Gasteiger partial charge on any atom is -0.491 e. The highest BCUT2D eigenvalue weighted by molar-refractivity contribution is 6.31. The first-order valence-electron chi connectivity index (χ1n) is 12.8. The first kappa shape index (κ1) is 30.8. The number of nitrogens with zero attached hydrogens (tertiary/aromatic N) is 1. The van der Waals surface area contributed by atoms with Crippen molar-refractivity contribution >= 4 is 34.1 Å². The van der Waals surface area contributed by atoms with Gasteiger partial charge in [0.15, 0.2) is 6.79 Å². The van der Waals surface area contributed by atoms with E-state index in [2.05, 4.69) is 34.4 Å². The molecule has 2 heterocycles. The summed E-state index contributed by atoms with van der Waals surface area (Å²) in [5, 5.41) is 23.4. The predicted octanol–water partition coefficient (Wildman–Crippen LogP) is 5.43. The standard InChI is InChI=1S/C12H13ClN2.C11H17NO2.C7H7ClO2/c1-15-5-4-9-10-6-8(13)2-3-11(10)14-12(9)7-15;1-9-3-5-11(6-4-9)14-8-10(13)7-12-2;8-6-1-3-7(4-2-6)10-5-9/h2-3,6,14H,4-5,7H2,1H3;3-6,10,12-13H,7-8H2,1-2H3;1-4,9H,5H2. The van der Waals surface area contributed by atoms with Gasteiger partial charge in [0, 0.05) is 46.3 Å². The number of ether oxygens (including phenoxy) is 2. The predicted molar refractivity (Wildman–Crippen MR) is 159 cm³/mol. The van der Waals surface area contributed by atoms with E-state index in [1.165, 1.54) is 27.7 Å². The van der Waals surface area contributed by atoms with Crippen LogP contribution in [-0.2, 0) is 13.0 Å². The zero-order chi connectivity index (χ0) is 28.2. The van der Waals surface area contributed by atoms with Gasteiger partial charge in [-0.1, -0.05) is 40.9 Å². The van der Waals surface area contributed by atoms with Crippen LogP contribution in [0.2, 0.25) is 10.0 Å². The van der Waals surface area contributed by atoms with Gasteiger partial charge in [-0.05, 0) is 87.6 Å². The number of hydrogen-bond donors (Lipinski definition) is 4. The molecule has 0 saturated heterocycles. The number of aryl methyl sites for hydroxylation is 1. The lowest BCUT2D eigenvalue weighted by Crippen LogP contribution is -2.29. The van der Waals surface area contributed by atoms with Crippen LogP contribution in [0.15, 0.2) is 66.7 Å². The van der Waals surface area contributed by atoms with Gasteiger partial charge in [-0.3, -0.25) is 0 Å². The van der Waals surface area contributed by atoms with E-state index < -0.39 is 6.10 Å². The maximum atomic E-state index is 9.38. The lowest BCUT2D eigenvalue weighted by atomic mass is 10.0.